The molecule has 0 radical (unpaired) electrons. The Morgan fingerprint density at radius 1 is 1.25 bits per heavy atom. The van der Waals surface area contributed by atoms with Crippen molar-refractivity contribution < 1.29 is 28.6 Å². The number of carbonyl (C=O) groups excluding carboxylic acids is 1. The van der Waals surface area contributed by atoms with Gasteiger partial charge in [0.05, 0.1) is 10.2 Å². The number of aliphatic carboxylic acids is 1. The van der Waals surface area contributed by atoms with Gasteiger partial charge in [-0.1, -0.05) is 18.2 Å². The number of carbonyl (C=O) groups is 2. The van der Waals surface area contributed by atoms with Gasteiger partial charge in [-0.3, -0.25) is 4.79 Å². The van der Waals surface area contributed by atoms with Crippen LogP contribution in [0.4, 0.5) is 4.39 Å². The molecule has 1 amide bonds. The Bertz CT molecular complexity index is 913. The smallest absolute Gasteiger partial charge is 0.352 e. The second-order valence-electron chi connectivity index (χ2n) is 5.69. The minimum absolute atomic E-state index is 0.0181. The van der Waals surface area contributed by atoms with Crippen molar-refractivity contribution in [2.24, 2.45) is 0 Å². The monoisotopic (exact) mass is 499 g/mol. The van der Waals surface area contributed by atoms with E-state index in [1.807, 2.05) is 22.6 Å². The molecule has 2 N–H and O–H groups in total. The van der Waals surface area contributed by atoms with Gasteiger partial charge < -0.3 is 19.9 Å². The molecule has 0 bridgehead atoms. The molecule has 0 aliphatic carbocycles. The maximum Gasteiger partial charge on any atom is 0.352 e. The van der Waals surface area contributed by atoms with Crippen molar-refractivity contribution in [3.63, 3.8) is 0 Å². The van der Waals surface area contributed by atoms with Crippen LogP contribution in [-0.4, -0.2) is 23.6 Å². The van der Waals surface area contributed by atoms with Gasteiger partial charge in [0.2, 0.25) is 5.91 Å². The largest absolute Gasteiger partial charge is 0.490 e. The van der Waals surface area contributed by atoms with Crippen LogP contribution in [0.25, 0.3) is 6.08 Å². The third-order valence-corrected chi connectivity index (χ3v) is 4.31. The summed E-state index contributed by atoms with van der Waals surface area (Å²) in [5.74, 6) is -1.29. The van der Waals surface area contributed by atoms with Gasteiger partial charge >= 0.3 is 5.97 Å². The number of nitrogens with one attached hydrogen (secondary N) is 1. The van der Waals surface area contributed by atoms with E-state index in [0.29, 0.717) is 32.8 Å². The molecule has 2 aromatic rings. The van der Waals surface area contributed by atoms with Crippen molar-refractivity contribution in [1.29, 1.82) is 0 Å². The summed E-state index contributed by atoms with van der Waals surface area (Å²) in [4.78, 5) is 22.5. The second-order valence-corrected chi connectivity index (χ2v) is 6.85. The maximum atomic E-state index is 13.8. The molecule has 6 nitrogen and oxygen atoms in total. The zero-order chi connectivity index (χ0) is 20.7. The highest BCUT2D eigenvalue weighted by Gasteiger charge is 2.15. The van der Waals surface area contributed by atoms with Gasteiger partial charge in [-0.25, -0.2) is 9.18 Å². The first-order valence-electron chi connectivity index (χ1n) is 8.37. The normalized spacial score (nSPS) is 11.1. The van der Waals surface area contributed by atoms with Crippen LogP contribution >= 0.6 is 22.6 Å². The molecule has 0 fully saturated rings. The van der Waals surface area contributed by atoms with Crippen LogP contribution in [0.3, 0.4) is 0 Å². The summed E-state index contributed by atoms with van der Waals surface area (Å²) in [6.45, 7) is 3.41. The second kappa shape index (κ2) is 10.1. The van der Waals surface area contributed by atoms with Gasteiger partial charge in [0, 0.05) is 12.5 Å². The summed E-state index contributed by atoms with van der Waals surface area (Å²) in [5.41, 5.74) is 0.659. The Kier molecular flexibility index (Phi) is 7.80. The van der Waals surface area contributed by atoms with Crippen LogP contribution in [0, 0.1) is 9.39 Å². The number of hydrogen-bond acceptors (Lipinski definition) is 4. The van der Waals surface area contributed by atoms with E-state index in [1.165, 1.54) is 19.1 Å². The Morgan fingerprint density at radius 2 is 1.96 bits per heavy atom. The van der Waals surface area contributed by atoms with Crippen LogP contribution in [0.1, 0.15) is 25.0 Å². The van der Waals surface area contributed by atoms with Crippen molar-refractivity contribution in [3.05, 3.63) is 62.6 Å². The van der Waals surface area contributed by atoms with Crippen molar-refractivity contribution in [3.8, 4) is 11.5 Å². The summed E-state index contributed by atoms with van der Waals surface area (Å²) < 4.78 is 25.9. The van der Waals surface area contributed by atoms with Gasteiger partial charge in [-0.2, -0.15) is 0 Å². The number of benzene rings is 2. The Labute approximate surface area is 175 Å². The summed E-state index contributed by atoms with van der Waals surface area (Å²) in [6.07, 6.45) is 1.33. The Balaban J connectivity index is 2.36. The lowest BCUT2D eigenvalue weighted by atomic mass is 10.1. The standard InChI is InChI=1S/C20H19FINO5/c1-3-27-18-10-13(9-17(20(25)26)23-12(2)24)8-16(22)19(18)28-11-14-6-4-5-7-15(14)21/h4-10H,3,11H2,1-2H3,(H,23,24)(H,25,26). The van der Waals surface area contributed by atoms with Crippen LogP contribution in [0.2, 0.25) is 0 Å². The zero-order valence-corrected chi connectivity index (χ0v) is 17.4. The third kappa shape index (κ3) is 5.95. The van der Waals surface area contributed by atoms with Crippen molar-refractivity contribution in [1.82, 2.24) is 5.32 Å². The molecule has 0 saturated carbocycles. The van der Waals surface area contributed by atoms with Crippen LogP contribution in [0.5, 0.6) is 11.5 Å². The van der Waals surface area contributed by atoms with Gasteiger partial charge in [0.15, 0.2) is 11.5 Å². The lowest BCUT2D eigenvalue weighted by Gasteiger charge is -2.15. The highest BCUT2D eigenvalue weighted by Crippen LogP contribution is 2.35. The van der Waals surface area contributed by atoms with Crippen molar-refractivity contribution >= 4 is 40.5 Å². The fraction of sp³-hybridized carbons (Fsp3) is 0.200. The van der Waals surface area contributed by atoms with Gasteiger partial charge in [0.1, 0.15) is 18.1 Å². The van der Waals surface area contributed by atoms with E-state index >= 15 is 0 Å². The number of amides is 1. The highest BCUT2D eigenvalue weighted by molar-refractivity contribution is 14.1. The van der Waals surface area contributed by atoms with E-state index in [2.05, 4.69) is 5.32 Å². The molecular formula is C20H19FINO5. The average Bonchev–Trinajstić information content (AvgIpc) is 2.61. The molecule has 0 heterocycles. The minimum atomic E-state index is -1.26. The summed E-state index contributed by atoms with van der Waals surface area (Å²) in [7, 11) is 0. The molecule has 0 spiro atoms. The van der Waals surface area contributed by atoms with Crippen molar-refractivity contribution in [2.45, 2.75) is 20.5 Å². The third-order valence-electron chi connectivity index (χ3n) is 3.51. The molecule has 0 aromatic heterocycles. The first-order valence-corrected chi connectivity index (χ1v) is 9.44. The van der Waals surface area contributed by atoms with Crippen LogP contribution in [-0.2, 0) is 16.2 Å². The number of rotatable bonds is 8. The predicted molar refractivity (Wildman–Crippen MR) is 110 cm³/mol. The molecule has 0 atom stereocenters. The van der Waals surface area contributed by atoms with E-state index in [1.54, 1.807) is 37.3 Å². The topological polar surface area (TPSA) is 84.9 Å². The lowest BCUT2D eigenvalue weighted by molar-refractivity contribution is -0.134. The molecule has 0 unspecified atom stereocenters. The first-order chi connectivity index (χ1) is 13.3. The number of carboxylic acid groups (broad SMARTS) is 1. The van der Waals surface area contributed by atoms with E-state index in [0.717, 1.165) is 0 Å². The number of ether oxygens (including phenoxy) is 2. The van der Waals surface area contributed by atoms with Gasteiger partial charge in [0.25, 0.3) is 0 Å². The zero-order valence-electron chi connectivity index (χ0n) is 15.3. The molecule has 0 aliphatic heterocycles. The van der Waals surface area contributed by atoms with E-state index in [-0.39, 0.29) is 18.1 Å². The van der Waals surface area contributed by atoms with E-state index in [9.17, 15) is 19.1 Å². The van der Waals surface area contributed by atoms with E-state index in [4.69, 9.17) is 9.47 Å². The number of halogens is 2. The first kappa shape index (κ1) is 21.7. The Morgan fingerprint density at radius 3 is 2.57 bits per heavy atom. The fourth-order valence-electron chi connectivity index (χ4n) is 2.35. The lowest BCUT2D eigenvalue weighted by Crippen LogP contribution is -2.24. The van der Waals surface area contributed by atoms with Crippen molar-refractivity contribution in [2.75, 3.05) is 6.61 Å². The molecule has 28 heavy (non-hydrogen) atoms. The molecule has 148 valence electrons. The molecule has 8 heteroatoms. The van der Waals surface area contributed by atoms with Crippen LogP contribution in [0.15, 0.2) is 42.1 Å². The average molecular weight is 499 g/mol. The highest BCUT2D eigenvalue weighted by atomic mass is 127. The molecule has 0 aliphatic rings. The van der Waals surface area contributed by atoms with E-state index < -0.39 is 11.9 Å². The van der Waals surface area contributed by atoms with Crippen LogP contribution < -0.4 is 14.8 Å². The summed E-state index contributed by atoms with van der Waals surface area (Å²) in [5, 5.41) is 11.5. The summed E-state index contributed by atoms with van der Waals surface area (Å²) >= 11 is 2.03. The van der Waals surface area contributed by atoms with Gasteiger partial charge in [-0.15, -0.1) is 0 Å². The minimum Gasteiger partial charge on any atom is -0.490 e. The summed E-state index contributed by atoms with van der Waals surface area (Å²) in [6, 6.07) is 9.60. The quantitative estimate of drug-likeness (QED) is 0.424. The predicted octanol–water partition coefficient (Wildman–Crippen LogP) is 3.97. The fourth-order valence-corrected chi connectivity index (χ4v) is 3.13. The SMILES string of the molecule is CCOc1cc(C=C(NC(C)=O)C(=O)O)cc(I)c1OCc1ccccc1F. The van der Waals surface area contributed by atoms with Gasteiger partial charge in [-0.05, 0) is 59.4 Å². The molecule has 2 rings (SSSR count). The molecular weight excluding hydrogens is 480 g/mol. The Hall–Kier alpha value is -2.62. The molecule has 2 aromatic carbocycles. The molecule has 0 saturated heterocycles. The maximum absolute atomic E-state index is 13.8. The number of carboxylic acids is 1. The number of hydrogen-bond donors (Lipinski definition) is 2.